The van der Waals surface area contributed by atoms with E-state index in [4.69, 9.17) is 4.74 Å². The fourth-order valence-corrected chi connectivity index (χ4v) is 3.57. The van der Waals surface area contributed by atoms with E-state index < -0.39 is 10.0 Å². The molecule has 8 heteroatoms. The molecule has 6 nitrogen and oxygen atoms in total. The number of aryl methyl sites for hydroxylation is 1. The fraction of sp³-hybridized carbons (Fsp3) is 0.357. The van der Waals surface area contributed by atoms with E-state index in [1.807, 2.05) is 6.92 Å². The highest BCUT2D eigenvalue weighted by atomic mass is 79.9. The van der Waals surface area contributed by atoms with E-state index in [9.17, 15) is 8.42 Å². The van der Waals surface area contributed by atoms with E-state index in [0.717, 1.165) is 10.2 Å². The average molecular weight is 388 g/mol. The quantitative estimate of drug-likeness (QED) is 0.763. The molecule has 2 aromatic rings. The lowest BCUT2D eigenvalue weighted by Gasteiger charge is -2.18. The summed E-state index contributed by atoms with van der Waals surface area (Å²) in [6.07, 6.45) is 1.65. The second-order valence-corrected chi connectivity index (χ2v) is 7.63. The summed E-state index contributed by atoms with van der Waals surface area (Å²) in [5.74, 6) is 0.651. The van der Waals surface area contributed by atoms with Crippen molar-refractivity contribution in [3.05, 3.63) is 40.6 Å². The normalized spacial score (nSPS) is 11.9. The first-order valence-corrected chi connectivity index (χ1v) is 8.95. The Morgan fingerprint density at radius 3 is 2.45 bits per heavy atom. The number of rotatable bonds is 6. The third kappa shape index (κ3) is 3.50. The molecule has 1 heterocycles. The topological polar surface area (TPSA) is 64.4 Å². The zero-order valence-corrected chi connectivity index (χ0v) is 15.1. The molecule has 0 aliphatic heterocycles. The zero-order chi connectivity index (χ0) is 16.3. The van der Waals surface area contributed by atoms with Gasteiger partial charge in [0.1, 0.15) is 5.75 Å². The van der Waals surface area contributed by atoms with Crippen LogP contribution in [0.4, 0.5) is 0 Å². The minimum absolute atomic E-state index is 0.229. The predicted molar refractivity (Wildman–Crippen MR) is 87.2 cm³/mol. The molecule has 0 aliphatic rings. The number of aromatic nitrogens is 2. The second-order valence-electron chi connectivity index (χ2n) is 4.73. The monoisotopic (exact) mass is 387 g/mol. The lowest BCUT2D eigenvalue weighted by Crippen LogP contribution is -2.27. The van der Waals surface area contributed by atoms with Gasteiger partial charge in [0.05, 0.1) is 34.4 Å². The molecule has 0 aliphatic carbocycles. The first-order valence-electron chi connectivity index (χ1n) is 6.71. The maximum absolute atomic E-state index is 12.6. The van der Waals surface area contributed by atoms with Gasteiger partial charge in [-0.05, 0) is 47.1 Å². The summed E-state index contributed by atoms with van der Waals surface area (Å²) in [5, 5.41) is 4.09. The molecule has 0 spiro atoms. The fourth-order valence-electron chi connectivity index (χ4n) is 1.96. The van der Waals surface area contributed by atoms with Crippen molar-refractivity contribution in [2.24, 2.45) is 7.05 Å². The van der Waals surface area contributed by atoms with Crippen LogP contribution in [0.25, 0.3) is 0 Å². The van der Waals surface area contributed by atoms with Gasteiger partial charge < -0.3 is 4.74 Å². The molecule has 2 rings (SSSR count). The van der Waals surface area contributed by atoms with Gasteiger partial charge in [0, 0.05) is 14.1 Å². The van der Waals surface area contributed by atoms with Crippen LogP contribution in [-0.4, -0.2) is 36.2 Å². The lowest BCUT2D eigenvalue weighted by molar-refractivity contribution is 0.340. The van der Waals surface area contributed by atoms with E-state index >= 15 is 0 Å². The lowest BCUT2D eigenvalue weighted by atomic mass is 10.3. The Morgan fingerprint density at radius 1 is 1.32 bits per heavy atom. The molecule has 0 fully saturated rings. The molecule has 1 aromatic heterocycles. The zero-order valence-electron chi connectivity index (χ0n) is 12.7. The number of benzene rings is 1. The summed E-state index contributed by atoms with van der Waals surface area (Å²) in [7, 11) is -0.242. The Bertz CT molecular complexity index is 722. The van der Waals surface area contributed by atoms with Crippen molar-refractivity contribution in [3.63, 3.8) is 0 Å². The van der Waals surface area contributed by atoms with Crippen molar-refractivity contribution in [1.29, 1.82) is 0 Å². The molecule has 0 N–H and O–H groups in total. The third-order valence-electron chi connectivity index (χ3n) is 3.23. The van der Waals surface area contributed by atoms with Crippen molar-refractivity contribution in [2.75, 3.05) is 13.7 Å². The van der Waals surface area contributed by atoms with Crippen molar-refractivity contribution >= 4 is 26.0 Å². The van der Waals surface area contributed by atoms with E-state index in [0.29, 0.717) is 12.4 Å². The van der Waals surface area contributed by atoms with Gasteiger partial charge >= 0.3 is 0 Å². The average Bonchev–Trinajstić information content (AvgIpc) is 2.80. The van der Waals surface area contributed by atoms with Crippen molar-refractivity contribution < 1.29 is 13.2 Å². The summed E-state index contributed by atoms with van der Waals surface area (Å²) in [6.45, 7) is 2.65. The van der Waals surface area contributed by atoms with Crippen LogP contribution in [0.2, 0.25) is 0 Å². The Labute approximate surface area is 138 Å². The molecule has 0 unspecified atom stereocenters. The molecule has 0 saturated carbocycles. The van der Waals surface area contributed by atoms with Crippen molar-refractivity contribution in [1.82, 2.24) is 14.1 Å². The predicted octanol–water partition coefficient (Wildman–Crippen LogP) is 2.40. The van der Waals surface area contributed by atoms with Crippen LogP contribution in [0.5, 0.6) is 5.75 Å². The highest BCUT2D eigenvalue weighted by molar-refractivity contribution is 9.10. The Balaban J connectivity index is 2.22. The highest BCUT2D eigenvalue weighted by Crippen LogP contribution is 2.22. The van der Waals surface area contributed by atoms with Gasteiger partial charge in [-0.2, -0.15) is 9.40 Å². The number of hydrogen-bond donors (Lipinski definition) is 0. The summed E-state index contributed by atoms with van der Waals surface area (Å²) >= 11 is 3.37. The van der Waals surface area contributed by atoms with Crippen molar-refractivity contribution in [3.8, 4) is 5.75 Å². The number of ether oxygens (including phenoxy) is 1. The number of hydrogen-bond acceptors (Lipinski definition) is 4. The van der Waals surface area contributed by atoms with Crippen LogP contribution in [0.15, 0.2) is 39.8 Å². The van der Waals surface area contributed by atoms with Gasteiger partial charge in [0.25, 0.3) is 0 Å². The van der Waals surface area contributed by atoms with Crippen LogP contribution in [0, 0.1) is 0 Å². The Kier molecular flexibility index (Phi) is 5.25. The molecule has 0 atom stereocenters. The van der Waals surface area contributed by atoms with Gasteiger partial charge in [-0.3, -0.25) is 4.68 Å². The molecular formula is C14H18BrN3O3S. The smallest absolute Gasteiger partial charge is 0.243 e. The second kappa shape index (κ2) is 6.80. The van der Waals surface area contributed by atoms with E-state index in [1.54, 1.807) is 49.2 Å². The van der Waals surface area contributed by atoms with Gasteiger partial charge in [-0.15, -0.1) is 0 Å². The minimum atomic E-state index is -3.56. The Hall–Kier alpha value is -1.38. The molecule has 1 aromatic carbocycles. The van der Waals surface area contributed by atoms with Gasteiger partial charge in [-0.25, -0.2) is 8.42 Å². The van der Waals surface area contributed by atoms with Gasteiger partial charge in [0.2, 0.25) is 10.0 Å². The maximum Gasteiger partial charge on any atom is 0.243 e. The largest absolute Gasteiger partial charge is 0.494 e. The van der Waals surface area contributed by atoms with E-state index in [2.05, 4.69) is 21.0 Å². The molecule has 0 bridgehead atoms. The first-order chi connectivity index (χ1) is 10.4. The molecule has 0 saturated heterocycles. The van der Waals surface area contributed by atoms with E-state index in [1.165, 1.54) is 4.31 Å². The summed E-state index contributed by atoms with van der Waals surface area (Å²) in [4.78, 5) is 0.233. The minimum Gasteiger partial charge on any atom is -0.494 e. The first kappa shape index (κ1) is 17.0. The number of halogens is 1. The van der Waals surface area contributed by atoms with Crippen LogP contribution in [0.1, 0.15) is 12.6 Å². The van der Waals surface area contributed by atoms with E-state index in [-0.39, 0.29) is 11.4 Å². The molecule has 120 valence electrons. The van der Waals surface area contributed by atoms with Gasteiger partial charge in [-0.1, -0.05) is 0 Å². The number of sulfonamides is 1. The molecule has 0 radical (unpaired) electrons. The van der Waals surface area contributed by atoms with Crippen LogP contribution in [0.3, 0.4) is 0 Å². The molecular weight excluding hydrogens is 370 g/mol. The molecule has 22 heavy (non-hydrogen) atoms. The Morgan fingerprint density at radius 2 is 1.95 bits per heavy atom. The van der Waals surface area contributed by atoms with Crippen LogP contribution >= 0.6 is 15.9 Å². The van der Waals surface area contributed by atoms with Crippen LogP contribution in [-0.2, 0) is 23.6 Å². The third-order valence-corrected chi connectivity index (χ3v) is 5.71. The maximum atomic E-state index is 12.6. The molecule has 0 amide bonds. The summed E-state index contributed by atoms with van der Waals surface area (Å²) in [6, 6.07) is 6.42. The van der Waals surface area contributed by atoms with Crippen molar-refractivity contribution in [2.45, 2.75) is 18.4 Å². The number of nitrogens with zero attached hydrogens (tertiary/aromatic N) is 3. The SMILES string of the molecule is CCOc1ccc(S(=O)(=O)N(C)Cc2c(Br)cnn2C)cc1. The van der Waals surface area contributed by atoms with Gasteiger partial charge in [0.15, 0.2) is 0 Å². The highest BCUT2D eigenvalue weighted by Gasteiger charge is 2.23. The summed E-state index contributed by atoms with van der Waals surface area (Å²) < 4.78 is 34.2. The summed E-state index contributed by atoms with van der Waals surface area (Å²) in [5.41, 5.74) is 0.789. The standard InChI is InChI=1S/C14H18BrN3O3S/c1-4-21-11-5-7-12(8-6-11)22(19,20)17(2)10-14-13(15)9-16-18(14)3/h5-9H,4,10H2,1-3H3. The van der Waals surface area contributed by atoms with Crippen LogP contribution < -0.4 is 4.74 Å².